The van der Waals surface area contributed by atoms with Crippen LogP contribution in [0.3, 0.4) is 0 Å². The lowest BCUT2D eigenvalue weighted by molar-refractivity contribution is 0.0690. The van der Waals surface area contributed by atoms with Gasteiger partial charge < -0.3 is 15.7 Å². The van der Waals surface area contributed by atoms with Crippen molar-refractivity contribution in [3.05, 3.63) is 18.0 Å². The van der Waals surface area contributed by atoms with Crippen LogP contribution in [0.5, 0.6) is 0 Å². The van der Waals surface area contributed by atoms with Crippen molar-refractivity contribution < 1.29 is 9.90 Å². The van der Waals surface area contributed by atoms with Crippen LogP contribution in [0.25, 0.3) is 0 Å². The van der Waals surface area contributed by atoms with Gasteiger partial charge in [-0.1, -0.05) is 0 Å². The van der Waals surface area contributed by atoms with Gasteiger partial charge in [-0.05, 0) is 6.07 Å². The average molecular weight is 267 g/mol. The third-order valence-corrected chi connectivity index (χ3v) is 1.99. The summed E-state index contributed by atoms with van der Waals surface area (Å²) in [6.07, 6.45) is 1.44. The molecule has 1 aromatic rings. The summed E-state index contributed by atoms with van der Waals surface area (Å²) in [5, 5.41) is 14.8. The summed E-state index contributed by atoms with van der Waals surface area (Å²) >= 11 is 0. The fourth-order valence-electron chi connectivity index (χ4n) is 1.12. The molecule has 90 valence electrons. The van der Waals surface area contributed by atoms with Crippen LogP contribution in [-0.4, -0.2) is 40.2 Å². The van der Waals surface area contributed by atoms with E-state index in [1.54, 1.807) is 0 Å². The van der Waals surface area contributed by atoms with Crippen molar-refractivity contribution in [1.82, 2.24) is 15.3 Å². The highest BCUT2D eigenvalue weighted by molar-refractivity contribution is 5.86. The van der Waals surface area contributed by atoms with Gasteiger partial charge in [-0.2, -0.15) is 0 Å². The second kappa shape index (κ2) is 6.47. The summed E-state index contributed by atoms with van der Waals surface area (Å²) in [5.41, 5.74) is 0.00906. The summed E-state index contributed by atoms with van der Waals surface area (Å²) in [6.45, 7) is 1.72. The number of nitrogens with zero attached hydrogens (tertiary/aromatic N) is 2. The van der Waals surface area contributed by atoms with Crippen molar-refractivity contribution in [3.8, 4) is 0 Å². The first kappa shape index (κ1) is 14.9. The second-order valence-electron chi connectivity index (χ2n) is 3.07. The van der Waals surface area contributed by atoms with Crippen LogP contribution in [0.2, 0.25) is 0 Å². The fourth-order valence-corrected chi connectivity index (χ4v) is 1.12. The lowest BCUT2D eigenvalue weighted by atomic mass is 10.2. The van der Waals surface area contributed by atoms with E-state index < -0.39 is 5.97 Å². The number of rotatable bonds is 3. The number of aromatic nitrogens is 2. The Morgan fingerprint density at radius 1 is 1.50 bits per heavy atom. The van der Waals surface area contributed by atoms with E-state index in [0.717, 1.165) is 13.1 Å². The van der Waals surface area contributed by atoms with E-state index in [0.29, 0.717) is 12.0 Å². The summed E-state index contributed by atoms with van der Waals surface area (Å²) < 4.78 is 0. The molecule has 0 amide bonds. The molecule has 1 aromatic heterocycles. The highest BCUT2D eigenvalue weighted by atomic mass is 35.5. The standard InChI is InChI=1S/C8H10N4O2.2ClH/c13-7(14)6-1-2-10-8(12-6)11-5-3-9-4-5;;/h1-2,5,9H,3-4H2,(H,13,14)(H,10,11,12);2*1H. The molecule has 2 rings (SSSR count). The molecule has 0 bridgehead atoms. The van der Waals surface area contributed by atoms with Crippen LogP contribution in [-0.2, 0) is 0 Å². The lowest BCUT2D eigenvalue weighted by Crippen LogP contribution is -2.51. The van der Waals surface area contributed by atoms with Crippen molar-refractivity contribution in [2.75, 3.05) is 18.4 Å². The first-order chi connectivity index (χ1) is 6.75. The maximum atomic E-state index is 10.6. The zero-order chi connectivity index (χ0) is 9.97. The molecule has 0 atom stereocenters. The van der Waals surface area contributed by atoms with E-state index in [2.05, 4.69) is 20.6 Å². The molecule has 2 heterocycles. The first-order valence-electron chi connectivity index (χ1n) is 4.29. The molecule has 1 aliphatic rings. The second-order valence-corrected chi connectivity index (χ2v) is 3.07. The highest BCUT2D eigenvalue weighted by Crippen LogP contribution is 2.04. The maximum Gasteiger partial charge on any atom is 0.354 e. The number of hydrogen-bond acceptors (Lipinski definition) is 5. The van der Waals surface area contributed by atoms with E-state index >= 15 is 0 Å². The number of nitrogens with one attached hydrogen (secondary N) is 2. The van der Waals surface area contributed by atoms with Gasteiger partial charge >= 0.3 is 5.97 Å². The van der Waals surface area contributed by atoms with Gasteiger partial charge in [-0.25, -0.2) is 14.8 Å². The summed E-state index contributed by atoms with van der Waals surface area (Å²) in [5.74, 6) is -0.668. The van der Waals surface area contributed by atoms with Gasteiger partial charge in [0.15, 0.2) is 5.69 Å². The Labute approximate surface area is 105 Å². The van der Waals surface area contributed by atoms with E-state index in [1.165, 1.54) is 12.3 Å². The minimum absolute atomic E-state index is 0. The number of aromatic carboxylic acids is 1. The fraction of sp³-hybridized carbons (Fsp3) is 0.375. The molecule has 1 aliphatic heterocycles. The van der Waals surface area contributed by atoms with E-state index in [4.69, 9.17) is 5.11 Å². The van der Waals surface area contributed by atoms with Crippen molar-refractivity contribution in [2.45, 2.75) is 6.04 Å². The monoisotopic (exact) mass is 266 g/mol. The average Bonchev–Trinajstić information content (AvgIpc) is 2.12. The van der Waals surface area contributed by atoms with Crippen molar-refractivity contribution in [2.24, 2.45) is 0 Å². The molecule has 8 heteroatoms. The zero-order valence-electron chi connectivity index (χ0n) is 8.21. The van der Waals surface area contributed by atoms with Crippen molar-refractivity contribution in [3.63, 3.8) is 0 Å². The van der Waals surface area contributed by atoms with Gasteiger partial charge in [0.05, 0.1) is 6.04 Å². The largest absolute Gasteiger partial charge is 0.477 e. The molecular formula is C8H12Cl2N4O2. The van der Waals surface area contributed by atoms with Crippen molar-refractivity contribution >= 4 is 36.7 Å². The third-order valence-electron chi connectivity index (χ3n) is 1.99. The van der Waals surface area contributed by atoms with Crippen LogP contribution in [0.4, 0.5) is 5.95 Å². The van der Waals surface area contributed by atoms with Gasteiger partial charge in [-0.15, -0.1) is 24.8 Å². The minimum Gasteiger partial charge on any atom is -0.477 e. The Morgan fingerprint density at radius 2 is 2.19 bits per heavy atom. The molecule has 0 spiro atoms. The maximum absolute atomic E-state index is 10.6. The quantitative estimate of drug-likeness (QED) is 0.735. The SMILES string of the molecule is Cl.Cl.O=C(O)c1ccnc(NC2CNC2)n1. The van der Waals surface area contributed by atoms with Crippen LogP contribution in [0.15, 0.2) is 12.3 Å². The Morgan fingerprint density at radius 3 is 2.69 bits per heavy atom. The molecule has 16 heavy (non-hydrogen) atoms. The Kier molecular flexibility index (Phi) is 6.02. The summed E-state index contributed by atoms with van der Waals surface area (Å²) in [4.78, 5) is 18.4. The number of anilines is 1. The number of halogens is 2. The van der Waals surface area contributed by atoms with Crippen LogP contribution >= 0.6 is 24.8 Å². The van der Waals surface area contributed by atoms with Gasteiger partial charge in [0.1, 0.15) is 0 Å². The van der Waals surface area contributed by atoms with Gasteiger partial charge in [-0.3, -0.25) is 0 Å². The molecule has 1 fully saturated rings. The molecule has 0 radical (unpaired) electrons. The molecule has 6 nitrogen and oxygen atoms in total. The number of carbonyl (C=O) groups is 1. The van der Waals surface area contributed by atoms with Gasteiger partial charge in [0.2, 0.25) is 5.95 Å². The molecular weight excluding hydrogens is 255 g/mol. The predicted molar refractivity (Wildman–Crippen MR) is 63.8 cm³/mol. The summed E-state index contributed by atoms with van der Waals surface area (Å²) in [7, 11) is 0. The van der Waals surface area contributed by atoms with Crippen molar-refractivity contribution in [1.29, 1.82) is 0 Å². The topological polar surface area (TPSA) is 87.1 Å². The predicted octanol–water partition coefficient (Wildman–Crippen LogP) is 0.402. The van der Waals surface area contributed by atoms with Gasteiger partial charge in [0, 0.05) is 19.3 Å². The number of carboxylic acid groups (broad SMARTS) is 1. The van der Waals surface area contributed by atoms with E-state index in [-0.39, 0.29) is 30.5 Å². The molecule has 3 N–H and O–H groups in total. The molecule has 0 unspecified atom stereocenters. The minimum atomic E-state index is -1.04. The van der Waals surface area contributed by atoms with Gasteiger partial charge in [0.25, 0.3) is 0 Å². The smallest absolute Gasteiger partial charge is 0.354 e. The Bertz CT molecular complexity index is 360. The first-order valence-corrected chi connectivity index (χ1v) is 4.29. The zero-order valence-corrected chi connectivity index (χ0v) is 9.85. The summed E-state index contributed by atoms with van der Waals surface area (Å²) in [6, 6.07) is 1.67. The van der Waals surface area contributed by atoms with Crippen LogP contribution < -0.4 is 10.6 Å². The molecule has 0 aliphatic carbocycles. The van der Waals surface area contributed by atoms with E-state index in [1.807, 2.05) is 0 Å². The van der Waals surface area contributed by atoms with Crippen LogP contribution in [0.1, 0.15) is 10.5 Å². The third kappa shape index (κ3) is 3.48. The number of hydrogen-bond donors (Lipinski definition) is 3. The molecule has 0 aromatic carbocycles. The normalized spacial score (nSPS) is 14.0. The molecule has 1 saturated heterocycles. The molecule has 0 saturated carbocycles. The Balaban J connectivity index is 0.00000112. The Hall–Kier alpha value is -1.11. The number of carboxylic acids is 1. The highest BCUT2D eigenvalue weighted by Gasteiger charge is 2.17. The lowest BCUT2D eigenvalue weighted by Gasteiger charge is -2.27. The van der Waals surface area contributed by atoms with Crippen LogP contribution in [0, 0.1) is 0 Å². The van der Waals surface area contributed by atoms with E-state index in [9.17, 15) is 4.79 Å².